The van der Waals surface area contributed by atoms with Gasteiger partial charge in [0.2, 0.25) is 10.0 Å². The Hall–Kier alpha value is -2.46. The zero-order valence-electron chi connectivity index (χ0n) is 17.3. The number of hydrogen-bond donors (Lipinski definition) is 2. The van der Waals surface area contributed by atoms with Gasteiger partial charge in [-0.1, -0.05) is 24.3 Å². The lowest BCUT2D eigenvalue weighted by Gasteiger charge is -2.32. The van der Waals surface area contributed by atoms with Gasteiger partial charge < -0.3 is 15.0 Å². The Balaban J connectivity index is 1.66. The van der Waals surface area contributed by atoms with Gasteiger partial charge in [0, 0.05) is 39.3 Å². The number of rotatable bonds is 7. The third-order valence-electron chi connectivity index (χ3n) is 5.19. The standard InChI is InChI=1S/C21H28N4O4S/c1-24-8-10-25(11-9-24)15-17-5-3-4-16(12-17)14-23-21(26)19-13-18(30(22,27)28)6-7-20(19)29-2/h3-7,12-13H,8-11,14-15H2,1-2H3,(H,23,26)(H2,22,27,28). The van der Waals surface area contributed by atoms with Crippen LogP contribution in [0.2, 0.25) is 0 Å². The molecule has 1 aliphatic rings. The van der Waals surface area contributed by atoms with Crippen molar-refractivity contribution in [1.29, 1.82) is 0 Å². The van der Waals surface area contributed by atoms with Gasteiger partial charge in [-0.2, -0.15) is 0 Å². The zero-order valence-corrected chi connectivity index (χ0v) is 18.1. The van der Waals surface area contributed by atoms with Crippen molar-refractivity contribution in [2.24, 2.45) is 5.14 Å². The molecule has 2 aromatic rings. The molecule has 30 heavy (non-hydrogen) atoms. The van der Waals surface area contributed by atoms with E-state index in [0.717, 1.165) is 38.3 Å². The number of carbonyl (C=O) groups excluding carboxylic acids is 1. The molecule has 0 unspecified atom stereocenters. The second kappa shape index (κ2) is 9.57. The van der Waals surface area contributed by atoms with E-state index in [1.54, 1.807) is 0 Å². The van der Waals surface area contributed by atoms with Gasteiger partial charge in [-0.3, -0.25) is 9.69 Å². The summed E-state index contributed by atoms with van der Waals surface area (Å²) < 4.78 is 28.4. The SMILES string of the molecule is COc1ccc(S(N)(=O)=O)cc1C(=O)NCc1cccc(CN2CCN(C)CC2)c1. The number of piperazine rings is 1. The van der Waals surface area contributed by atoms with Crippen LogP contribution < -0.4 is 15.2 Å². The van der Waals surface area contributed by atoms with Gasteiger partial charge in [0.15, 0.2) is 0 Å². The molecule has 1 amide bonds. The first kappa shape index (κ1) is 22.2. The second-order valence-corrected chi connectivity index (χ2v) is 9.05. The van der Waals surface area contributed by atoms with Crippen LogP contribution in [0, 0.1) is 0 Å². The van der Waals surface area contributed by atoms with Crippen LogP contribution in [0.3, 0.4) is 0 Å². The van der Waals surface area contributed by atoms with Gasteiger partial charge in [0.25, 0.3) is 5.91 Å². The number of nitrogens with two attached hydrogens (primary N) is 1. The molecule has 162 valence electrons. The lowest BCUT2D eigenvalue weighted by atomic mass is 10.1. The van der Waals surface area contributed by atoms with E-state index in [4.69, 9.17) is 9.88 Å². The van der Waals surface area contributed by atoms with Crippen molar-refractivity contribution >= 4 is 15.9 Å². The van der Waals surface area contributed by atoms with Crippen molar-refractivity contribution in [3.63, 3.8) is 0 Å². The number of nitrogens with one attached hydrogen (secondary N) is 1. The summed E-state index contributed by atoms with van der Waals surface area (Å²) in [4.78, 5) is 17.3. The fraction of sp³-hybridized carbons (Fsp3) is 0.381. The van der Waals surface area contributed by atoms with Gasteiger partial charge in [-0.05, 0) is 36.4 Å². The van der Waals surface area contributed by atoms with Crippen molar-refractivity contribution in [3.05, 3.63) is 59.2 Å². The number of primary sulfonamides is 1. The van der Waals surface area contributed by atoms with Gasteiger partial charge in [-0.25, -0.2) is 13.6 Å². The van der Waals surface area contributed by atoms with Crippen LogP contribution in [0.4, 0.5) is 0 Å². The molecule has 8 nitrogen and oxygen atoms in total. The average Bonchev–Trinajstić information content (AvgIpc) is 2.73. The summed E-state index contributed by atoms with van der Waals surface area (Å²) in [6.45, 7) is 5.40. The van der Waals surface area contributed by atoms with Crippen LogP contribution in [0.1, 0.15) is 21.5 Å². The van der Waals surface area contributed by atoms with E-state index in [2.05, 4.69) is 34.3 Å². The van der Waals surface area contributed by atoms with E-state index in [1.807, 2.05) is 12.1 Å². The first-order chi connectivity index (χ1) is 14.3. The van der Waals surface area contributed by atoms with Gasteiger partial charge >= 0.3 is 0 Å². The molecule has 1 heterocycles. The van der Waals surface area contributed by atoms with Crippen LogP contribution in [0.5, 0.6) is 5.75 Å². The Morgan fingerprint density at radius 2 is 1.80 bits per heavy atom. The number of nitrogens with zero attached hydrogens (tertiary/aromatic N) is 2. The number of amides is 1. The monoisotopic (exact) mass is 432 g/mol. The van der Waals surface area contributed by atoms with Gasteiger partial charge in [-0.15, -0.1) is 0 Å². The maximum Gasteiger partial charge on any atom is 0.255 e. The summed E-state index contributed by atoms with van der Waals surface area (Å²) in [5.74, 6) is -0.148. The molecule has 0 radical (unpaired) electrons. The molecule has 9 heteroatoms. The summed E-state index contributed by atoms with van der Waals surface area (Å²) in [7, 11) is -0.363. The lowest BCUT2D eigenvalue weighted by molar-refractivity contribution is 0.0947. The molecule has 3 N–H and O–H groups in total. The third-order valence-corrected chi connectivity index (χ3v) is 6.10. The molecule has 0 saturated carbocycles. The Bertz CT molecular complexity index is 1000. The zero-order chi connectivity index (χ0) is 21.7. The molecule has 0 bridgehead atoms. The lowest BCUT2D eigenvalue weighted by Crippen LogP contribution is -2.43. The molecule has 0 atom stereocenters. The molecule has 0 spiro atoms. The topological polar surface area (TPSA) is 105 Å². The third kappa shape index (κ3) is 5.79. The van der Waals surface area contributed by atoms with E-state index in [1.165, 1.54) is 30.9 Å². The quantitative estimate of drug-likeness (QED) is 0.677. The van der Waals surface area contributed by atoms with E-state index in [0.29, 0.717) is 6.54 Å². The maximum atomic E-state index is 12.7. The van der Waals surface area contributed by atoms with Crippen molar-refractivity contribution in [2.45, 2.75) is 18.0 Å². The summed E-state index contributed by atoms with van der Waals surface area (Å²) in [5.41, 5.74) is 2.29. The minimum Gasteiger partial charge on any atom is -0.496 e. The highest BCUT2D eigenvalue weighted by Gasteiger charge is 2.18. The molecule has 1 saturated heterocycles. The highest BCUT2D eigenvalue weighted by molar-refractivity contribution is 7.89. The van der Waals surface area contributed by atoms with Crippen molar-refractivity contribution in [2.75, 3.05) is 40.3 Å². The molecule has 2 aromatic carbocycles. The van der Waals surface area contributed by atoms with E-state index in [-0.39, 0.29) is 16.2 Å². The van der Waals surface area contributed by atoms with Gasteiger partial charge in [0.05, 0.1) is 17.6 Å². The minimum absolute atomic E-state index is 0.123. The molecule has 0 aromatic heterocycles. The normalized spacial score (nSPS) is 15.7. The van der Waals surface area contributed by atoms with E-state index in [9.17, 15) is 13.2 Å². The fourth-order valence-corrected chi connectivity index (χ4v) is 3.96. The predicted octanol–water partition coefficient (Wildman–Crippen LogP) is 1.02. The highest BCUT2D eigenvalue weighted by Crippen LogP contribution is 2.22. The summed E-state index contributed by atoms with van der Waals surface area (Å²) in [5, 5.41) is 8.01. The largest absolute Gasteiger partial charge is 0.496 e. The first-order valence-electron chi connectivity index (χ1n) is 9.74. The van der Waals surface area contributed by atoms with Crippen molar-refractivity contribution < 1.29 is 17.9 Å². The fourth-order valence-electron chi connectivity index (χ4n) is 3.42. The summed E-state index contributed by atoms with van der Waals surface area (Å²) >= 11 is 0. The number of likely N-dealkylation sites (N-methyl/N-ethyl adjacent to an activating group) is 1. The molecular weight excluding hydrogens is 404 g/mol. The van der Waals surface area contributed by atoms with Crippen LogP contribution in [0.15, 0.2) is 47.4 Å². The molecule has 0 aliphatic carbocycles. The maximum absolute atomic E-state index is 12.7. The molecule has 3 rings (SSSR count). The number of methoxy groups -OCH3 is 1. The highest BCUT2D eigenvalue weighted by atomic mass is 32.2. The molecular formula is C21H28N4O4S. The van der Waals surface area contributed by atoms with Crippen LogP contribution in [-0.2, 0) is 23.1 Å². The van der Waals surface area contributed by atoms with Crippen LogP contribution >= 0.6 is 0 Å². The van der Waals surface area contributed by atoms with Crippen molar-refractivity contribution in [1.82, 2.24) is 15.1 Å². The first-order valence-corrected chi connectivity index (χ1v) is 11.3. The molecule has 1 fully saturated rings. The average molecular weight is 433 g/mol. The van der Waals surface area contributed by atoms with Gasteiger partial charge in [0.1, 0.15) is 5.75 Å². The Labute approximate surface area is 177 Å². The Kier molecular flexibility index (Phi) is 7.09. The van der Waals surface area contributed by atoms with E-state index < -0.39 is 15.9 Å². The van der Waals surface area contributed by atoms with E-state index >= 15 is 0 Å². The summed E-state index contributed by atoms with van der Waals surface area (Å²) in [6, 6.07) is 12.1. The Morgan fingerprint density at radius 3 is 2.47 bits per heavy atom. The second-order valence-electron chi connectivity index (χ2n) is 7.49. The number of hydrogen-bond acceptors (Lipinski definition) is 6. The minimum atomic E-state index is -3.92. The number of carbonyl (C=O) groups is 1. The number of ether oxygens (including phenoxy) is 1. The summed E-state index contributed by atoms with van der Waals surface area (Å²) in [6.07, 6.45) is 0. The molecule has 1 aliphatic heterocycles. The number of sulfonamides is 1. The Morgan fingerprint density at radius 1 is 1.10 bits per heavy atom. The number of benzene rings is 2. The smallest absolute Gasteiger partial charge is 0.255 e. The van der Waals surface area contributed by atoms with Crippen molar-refractivity contribution in [3.8, 4) is 5.75 Å². The predicted molar refractivity (Wildman–Crippen MR) is 115 cm³/mol. The van der Waals surface area contributed by atoms with Crippen LogP contribution in [-0.4, -0.2) is 64.5 Å². The van der Waals surface area contributed by atoms with Crippen LogP contribution in [0.25, 0.3) is 0 Å².